The zero-order chi connectivity index (χ0) is 15.4. The van der Waals surface area contributed by atoms with Crippen LogP contribution < -0.4 is 0 Å². The van der Waals surface area contributed by atoms with Gasteiger partial charge in [0, 0.05) is 0 Å². The maximum absolute atomic E-state index is 10.8. The Labute approximate surface area is 127 Å². The molecule has 0 saturated carbocycles. The number of hydrogen-bond acceptors (Lipinski definition) is 3. The Kier molecular flexibility index (Phi) is 3.92. The molecule has 0 spiro atoms. The summed E-state index contributed by atoms with van der Waals surface area (Å²) in [6, 6.07) is 20.6. The lowest BCUT2D eigenvalue weighted by molar-refractivity contribution is 0.0697. The van der Waals surface area contributed by atoms with Gasteiger partial charge < -0.3 is 5.11 Å². The number of carbonyl (C=O) groups is 1. The topological polar surface area (TPSA) is 62.0 Å². The normalized spacial score (nSPS) is 11.1. The highest BCUT2D eigenvalue weighted by Crippen LogP contribution is 2.20. The molecule has 0 unspecified atom stereocenters. The smallest absolute Gasteiger partial charge is 0.335 e. The zero-order valence-electron chi connectivity index (χ0n) is 11.8. The molecule has 22 heavy (non-hydrogen) atoms. The van der Waals surface area contributed by atoms with Gasteiger partial charge in [0.15, 0.2) is 0 Å². The Hall–Kier alpha value is -3.01. The van der Waals surface area contributed by atoms with E-state index in [0.717, 1.165) is 5.56 Å². The Bertz CT molecular complexity index is 834. The van der Waals surface area contributed by atoms with Crippen LogP contribution in [-0.4, -0.2) is 11.1 Å². The average Bonchev–Trinajstić information content (AvgIpc) is 2.55. The van der Waals surface area contributed by atoms with Crippen molar-refractivity contribution in [2.24, 2.45) is 10.2 Å². The summed E-state index contributed by atoms with van der Waals surface area (Å²) in [5.74, 6) is -0.945. The van der Waals surface area contributed by atoms with Gasteiger partial charge >= 0.3 is 5.97 Å². The van der Waals surface area contributed by atoms with Crippen LogP contribution in [-0.2, 0) is 6.54 Å². The van der Waals surface area contributed by atoms with Gasteiger partial charge in [-0.1, -0.05) is 42.5 Å². The van der Waals surface area contributed by atoms with Crippen LogP contribution in [0.15, 0.2) is 77.0 Å². The van der Waals surface area contributed by atoms with Crippen LogP contribution in [0.5, 0.6) is 0 Å². The number of carboxylic acid groups (broad SMARTS) is 1. The van der Waals surface area contributed by atoms with E-state index in [1.165, 1.54) is 22.9 Å². The van der Waals surface area contributed by atoms with Crippen molar-refractivity contribution in [1.82, 2.24) is 0 Å². The minimum atomic E-state index is -0.945. The highest BCUT2D eigenvalue weighted by Gasteiger charge is 2.01. The standard InChI is InChI=1S/C18H14N2O2/c21-18(22)14-8-10-16(11-9-14)20-19-12-15-6-3-5-13-4-1-2-7-17(13)15/h1-11H,12H2,(H,21,22). The quantitative estimate of drug-likeness (QED) is 0.700. The molecule has 1 N–H and O–H groups in total. The molecule has 0 aromatic heterocycles. The second-order valence-electron chi connectivity index (χ2n) is 4.89. The van der Waals surface area contributed by atoms with E-state index < -0.39 is 5.97 Å². The SMILES string of the molecule is O=C(O)c1ccc(N=NCc2cccc3ccccc23)cc1. The molecule has 0 aliphatic rings. The summed E-state index contributed by atoms with van der Waals surface area (Å²) in [5, 5.41) is 19.6. The summed E-state index contributed by atoms with van der Waals surface area (Å²) in [6.07, 6.45) is 0. The molecule has 0 saturated heterocycles. The van der Waals surface area contributed by atoms with Gasteiger partial charge in [0.1, 0.15) is 0 Å². The fraction of sp³-hybridized carbons (Fsp3) is 0.0556. The van der Waals surface area contributed by atoms with E-state index in [0.29, 0.717) is 12.2 Å². The molecule has 3 aromatic rings. The lowest BCUT2D eigenvalue weighted by Gasteiger charge is -2.02. The molecule has 0 heterocycles. The highest BCUT2D eigenvalue weighted by molar-refractivity contribution is 5.88. The van der Waals surface area contributed by atoms with E-state index >= 15 is 0 Å². The predicted molar refractivity (Wildman–Crippen MR) is 85.6 cm³/mol. The van der Waals surface area contributed by atoms with Crippen molar-refractivity contribution < 1.29 is 9.90 Å². The van der Waals surface area contributed by atoms with Crippen molar-refractivity contribution in [2.75, 3.05) is 0 Å². The Morgan fingerprint density at radius 2 is 1.64 bits per heavy atom. The molecule has 3 rings (SSSR count). The van der Waals surface area contributed by atoms with E-state index in [-0.39, 0.29) is 5.56 Å². The molecule has 0 radical (unpaired) electrons. The number of carboxylic acids is 1. The fourth-order valence-corrected chi connectivity index (χ4v) is 2.29. The summed E-state index contributed by atoms with van der Waals surface area (Å²) in [4.78, 5) is 10.8. The molecule has 0 aliphatic carbocycles. The summed E-state index contributed by atoms with van der Waals surface area (Å²) in [6.45, 7) is 0.488. The van der Waals surface area contributed by atoms with Crippen LogP contribution in [0, 0.1) is 0 Å². The van der Waals surface area contributed by atoms with Crippen molar-refractivity contribution in [3.8, 4) is 0 Å². The van der Waals surface area contributed by atoms with Crippen molar-refractivity contribution >= 4 is 22.4 Å². The lowest BCUT2D eigenvalue weighted by atomic mass is 10.1. The Balaban J connectivity index is 1.77. The zero-order valence-corrected chi connectivity index (χ0v) is 11.8. The van der Waals surface area contributed by atoms with Crippen LogP contribution in [0.1, 0.15) is 15.9 Å². The average molecular weight is 290 g/mol. The van der Waals surface area contributed by atoms with Crippen molar-refractivity contribution in [3.05, 3.63) is 77.9 Å². The van der Waals surface area contributed by atoms with Crippen LogP contribution in [0.25, 0.3) is 10.8 Å². The van der Waals surface area contributed by atoms with Gasteiger partial charge in [-0.3, -0.25) is 0 Å². The van der Waals surface area contributed by atoms with Crippen molar-refractivity contribution in [1.29, 1.82) is 0 Å². The van der Waals surface area contributed by atoms with E-state index in [9.17, 15) is 4.79 Å². The third-order valence-electron chi connectivity index (χ3n) is 3.42. The first-order valence-electron chi connectivity index (χ1n) is 6.91. The van der Waals surface area contributed by atoms with Crippen LogP contribution >= 0.6 is 0 Å². The minimum absolute atomic E-state index is 0.244. The fourth-order valence-electron chi connectivity index (χ4n) is 2.29. The Morgan fingerprint density at radius 1 is 0.909 bits per heavy atom. The molecule has 108 valence electrons. The molecule has 0 amide bonds. The molecule has 4 nitrogen and oxygen atoms in total. The molecule has 0 atom stereocenters. The number of hydrogen-bond donors (Lipinski definition) is 1. The molecule has 0 bridgehead atoms. The Morgan fingerprint density at radius 3 is 2.41 bits per heavy atom. The monoisotopic (exact) mass is 290 g/mol. The van der Waals surface area contributed by atoms with Crippen LogP contribution in [0.4, 0.5) is 5.69 Å². The van der Waals surface area contributed by atoms with Gasteiger partial charge in [-0.2, -0.15) is 10.2 Å². The summed E-state index contributed by atoms with van der Waals surface area (Å²) >= 11 is 0. The van der Waals surface area contributed by atoms with Gasteiger partial charge in [0.25, 0.3) is 0 Å². The van der Waals surface area contributed by atoms with E-state index in [1.54, 1.807) is 12.1 Å². The molecular weight excluding hydrogens is 276 g/mol. The number of aromatic carboxylic acids is 1. The van der Waals surface area contributed by atoms with Crippen LogP contribution in [0.3, 0.4) is 0 Å². The lowest BCUT2D eigenvalue weighted by Crippen LogP contribution is -1.94. The first-order valence-corrected chi connectivity index (χ1v) is 6.91. The third kappa shape index (κ3) is 3.01. The number of azo groups is 1. The summed E-state index contributed by atoms with van der Waals surface area (Å²) in [5.41, 5.74) is 2.00. The maximum Gasteiger partial charge on any atom is 0.335 e. The minimum Gasteiger partial charge on any atom is -0.478 e. The van der Waals surface area contributed by atoms with Crippen LogP contribution in [0.2, 0.25) is 0 Å². The predicted octanol–water partition coefficient (Wildman–Crippen LogP) is 4.82. The van der Waals surface area contributed by atoms with Gasteiger partial charge in [-0.25, -0.2) is 4.79 Å². The summed E-state index contributed by atoms with van der Waals surface area (Å²) < 4.78 is 0. The molecule has 3 aromatic carbocycles. The van der Waals surface area contributed by atoms with Gasteiger partial charge in [0.05, 0.1) is 17.8 Å². The van der Waals surface area contributed by atoms with E-state index in [1.807, 2.05) is 24.3 Å². The summed E-state index contributed by atoms with van der Waals surface area (Å²) in [7, 11) is 0. The largest absolute Gasteiger partial charge is 0.478 e. The van der Waals surface area contributed by atoms with E-state index in [4.69, 9.17) is 5.11 Å². The second-order valence-corrected chi connectivity index (χ2v) is 4.89. The van der Waals surface area contributed by atoms with Gasteiger partial charge in [0.2, 0.25) is 0 Å². The third-order valence-corrected chi connectivity index (χ3v) is 3.42. The molecule has 4 heteroatoms. The highest BCUT2D eigenvalue weighted by atomic mass is 16.4. The molecule has 0 aliphatic heterocycles. The van der Waals surface area contributed by atoms with Gasteiger partial charge in [-0.05, 0) is 40.6 Å². The first-order chi connectivity index (χ1) is 10.7. The number of nitrogens with zero attached hydrogens (tertiary/aromatic N) is 2. The molecule has 0 fully saturated rings. The first kappa shape index (κ1) is 13.9. The van der Waals surface area contributed by atoms with Crippen molar-refractivity contribution in [2.45, 2.75) is 6.54 Å². The van der Waals surface area contributed by atoms with Gasteiger partial charge in [-0.15, -0.1) is 0 Å². The maximum atomic E-state index is 10.8. The second kappa shape index (κ2) is 6.18. The van der Waals surface area contributed by atoms with E-state index in [2.05, 4.69) is 28.4 Å². The molecular formula is C18H14N2O2. The van der Waals surface area contributed by atoms with Crippen molar-refractivity contribution in [3.63, 3.8) is 0 Å². The number of benzene rings is 3. The number of fused-ring (bicyclic) bond motifs is 1. The number of rotatable bonds is 4.